The predicted molar refractivity (Wildman–Crippen MR) is 87.8 cm³/mol. The van der Waals surface area contributed by atoms with Crippen LogP contribution in [0.25, 0.3) is 0 Å². The van der Waals surface area contributed by atoms with Gasteiger partial charge in [0.2, 0.25) is 5.91 Å². The zero-order valence-corrected chi connectivity index (χ0v) is 14.2. The maximum absolute atomic E-state index is 13.0. The normalized spacial score (nSPS) is 27.9. The molecule has 2 saturated carbocycles. The zero-order valence-electron chi connectivity index (χ0n) is 14.2. The number of carbonyl (C=O) groups excluding carboxylic acids is 1. The number of aromatic nitrogens is 3. The van der Waals surface area contributed by atoms with Crippen LogP contribution in [-0.2, 0) is 11.8 Å². The van der Waals surface area contributed by atoms with Gasteiger partial charge in [0, 0.05) is 32.0 Å². The quantitative estimate of drug-likeness (QED) is 0.843. The molecule has 2 heterocycles. The van der Waals surface area contributed by atoms with E-state index in [1.54, 1.807) is 6.33 Å². The number of hydrogen-bond donors (Lipinski definition) is 0. The third-order valence-electron chi connectivity index (χ3n) is 6.57. The van der Waals surface area contributed by atoms with Gasteiger partial charge in [0.15, 0.2) is 0 Å². The fourth-order valence-electron chi connectivity index (χ4n) is 5.29. The van der Waals surface area contributed by atoms with E-state index < -0.39 is 0 Å². The Bertz CT molecular complexity index is 569. The molecule has 1 saturated heterocycles. The van der Waals surface area contributed by atoms with Crippen molar-refractivity contribution in [3.63, 3.8) is 0 Å². The Balaban J connectivity index is 1.61. The monoisotopic (exact) mass is 316 g/mol. The Morgan fingerprint density at radius 1 is 1.17 bits per heavy atom. The molecule has 1 aromatic heterocycles. The molecule has 1 atom stereocenters. The molecule has 0 bridgehead atoms. The minimum atomic E-state index is 0.243. The highest BCUT2D eigenvalue weighted by Crippen LogP contribution is 2.52. The number of nitrogens with zero attached hydrogens (tertiary/aromatic N) is 4. The van der Waals surface area contributed by atoms with E-state index in [9.17, 15) is 4.79 Å². The smallest absolute Gasteiger partial charge is 0.225 e. The fraction of sp³-hybridized carbons (Fsp3) is 0.833. The van der Waals surface area contributed by atoms with Crippen LogP contribution in [0.3, 0.4) is 0 Å². The van der Waals surface area contributed by atoms with Gasteiger partial charge in [-0.2, -0.15) is 0 Å². The summed E-state index contributed by atoms with van der Waals surface area (Å²) >= 11 is 0. The average molecular weight is 316 g/mol. The summed E-state index contributed by atoms with van der Waals surface area (Å²) < 4.78 is 2.06. The van der Waals surface area contributed by atoms with Crippen molar-refractivity contribution in [1.29, 1.82) is 0 Å². The van der Waals surface area contributed by atoms with Crippen molar-refractivity contribution in [3.05, 3.63) is 12.2 Å². The summed E-state index contributed by atoms with van der Waals surface area (Å²) in [6, 6.07) is 0. The molecule has 1 aliphatic heterocycles. The molecular formula is C18H28N4O. The molecule has 5 heteroatoms. The second-order valence-corrected chi connectivity index (χ2v) is 7.98. The lowest BCUT2D eigenvalue weighted by atomic mass is 9.67. The predicted octanol–water partition coefficient (Wildman–Crippen LogP) is 2.88. The van der Waals surface area contributed by atoms with E-state index in [0.29, 0.717) is 11.8 Å². The summed E-state index contributed by atoms with van der Waals surface area (Å²) in [6.45, 7) is 1.79. The summed E-state index contributed by atoms with van der Waals surface area (Å²) in [6.07, 6.45) is 12.8. The van der Waals surface area contributed by atoms with E-state index >= 15 is 0 Å². The molecule has 4 rings (SSSR count). The highest BCUT2D eigenvalue weighted by molar-refractivity contribution is 5.79. The molecule has 3 fully saturated rings. The molecule has 3 aliphatic rings. The second-order valence-electron chi connectivity index (χ2n) is 7.98. The van der Waals surface area contributed by atoms with Crippen LogP contribution >= 0.6 is 0 Å². The second kappa shape index (κ2) is 5.91. The standard InChI is InChI=1S/C18H28N4O/c1-21-13-19-20-16(21)15-11-22(17(23)14-7-3-4-8-14)12-18(15)9-5-2-6-10-18/h13-15H,2-12H2,1H3. The van der Waals surface area contributed by atoms with Gasteiger partial charge in [-0.05, 0) is 31.1 Å². The highest BCUT2D eigenvalue weighted by Gasteiger charge is 2.51. The van der Waals surface area contributed by atoms with Gasteiger partial charge in [-0.25, -0.2) is 0 Å². The Kier molecular flexibility index (Phi) is 3.90. The molecule has 126 valence electrons. The Morgan fingerprint density at radius 2 is 1.91 bits per heavy atom. The molecule has 1 aromatic rings. The molecule has 0 radical (unpaired) electrons. The van der Waals surface area contributed by atoms with Crippen molar-refractivity contribution in [1.82, 2.24) is 19.7 Å². The molecule has 1 amide bonds. The van der Waals surface area contributed by atoms with Crippen molar-refractivity contribution < 1.29 is 4.79 Å². The van der Waals surface area contributed by atoms with Gasteiger partial charge >= 0.3 is 0 Å². The maximum Gasteiger partial charge on any atom is 0.225 e. The molecule has 1 spiro atoms. The lowest BCUT2D eigenvalue weighted by Crippen LogP contribution is -2.36. The van der Waals surface area contributed by atoms with Crippen LogP contribution in [0.2, 0.25) is 0 Å². The number of likely N-dealkylation sites (tertiary alicyclic amines) is 1. The molecule has 0 N–H and O–H groups in total. The van der Waals surface area contributed by atoms with E-state index in [1.807, 2.05) is 7.05 Å². The molecule has 1 unspecified atom stereocenters. The minimum absolute atomic E-state index is 0.243. The van der Waals surface area contributed by atoms with E-state index in [0.717, 1.165) is 31.8 Å². The van der Waals surface area contributed by atoms with Crippen LogP contribution in [0, 0.1) is 11.3 Å². The van der Waals surface area contributed by atoms with Crippen molar-refractivity contribution >= 4 is 5.91 Å². The third-order valence-corrected chi connectivity index (χ3v) is 6.57. The van der Waals surface area contributed by atoms with Crippen LogP contribution in [0.15, 0.2) is 6.33 Å². The van der Waals surface area contributed by atoms with Gasteiger partial charge < -0.3 is 9.47 Å². The van der Waals surface area contributed by atoms with Crippen molar-refractivity contribution in [2.24, 2.45) is 18.4 Å². The van der Waals surface area contributed by atoms with Crippen LogP contribution in [0.4, 0.5) is 0 Å². The topological polar surface area (TPSA) is 51.0 Å². The van der Waals surface area contributed by atoms with E-state index in [4.69, 9.17) is 0 Å². The van der Waals surface area contributed by atoms with Gasteiger partial charge in [-0.3, -0.25) is 4.79 Å². The Labute approximate surface area is 138 Å². The third kappa shape index (κ3) is 2.58. The van der Waals surface area contributed by atoms with E-state index in [2.05, 4.69) is 19.7 Å². The average Bonchev–Trinajstić information content (AvgIpc) is 3.28. The largest absolute Gasteiger partial charge is 0.341 e. The van der Waals surface area contributed by atoms with E-state index in [-0.39, 0.29) is 11.3 Å². The minimum Gasteiger partial charge on any atom is -0.341 e. The van der Waals surface area contributed by atoms with E-state index in [1.165, 1.54) is 44.9 Å². The first-order valence-corrected chi connectivity index (χ1v) is 9.32. The van der Waals surface area contributed by atoms with Crippen LogP contribution < -0.4 is 0 Å². The first-order chi connectivity index (χ1) is 11.2. The first kappa shape index (κ1) is 15.2. The van der Waals surface area contributed by atoms with Gasteiger partial charge in [0.1, 0.15) is 12.2 Å². The maximum atomic E-state index is 13.0. The van der Waals surface area contributed by atoms with Crippen LogP contribution in [-0.4, -0.2) is 38.7 Å². The molecule has 5 nitrogen and oxygen atoms in total. The van der Waals surface area contributed by atoms with Crippen molar-refractivity contribution in [2.75, 3.05) is 13.1 Å². The number of carbonyl (C=O) groups is 1. The Morgan fingerprint density at radius 3 is 2.57 bits per heavy atom. The summed E-state index contributed by atoms with van der Waals surface area (Å²) in [7, 11) is 2.04. The van der Waals surface area contributed by atoms with Crippen LogP contribution in [0.5, 0.6) is 0 Å². The summed E-state index contributed by atoms with van der Waals surface area (Å²) in [5.74, 6) is 2.14. The lowest BCUT2D eigenvalue weighted by Gasteiger charge is -2.37. The number of hydrogen-bond acceptors (Lipinski definition) is 3. The number of rotatable bonds is 2. The van der Waals surface area contributed by atoms with Crippen LogP contribution in [0.1, 0.15) is 69.5 Å². The molecule has 23 heavy (non-hydrogen) atoms. The summed E-state index contributed by atoms with van der Waals surface area (Å²) in [5.41, 5.74) is 0.243. The van der Waals surface area contributed by atoms with Crippen molar-refractivity contribution in [2.45, 2.75) is 63.7 Å². The number of aryl methyl sites for hydroxylation is 1. The fourth-order valence-corrected chi connectivity index (χ4v) is 5.29. The van der Waals surface area contributed by atoms with Gasteiger partial charge in [-0.1, -0.05) is 32.1 Å². The Hall–Kier alpha value is -1.39. The summed E-state index contributed by atoms with van der Waals surface area (Å²) in [4.78, 5) is 15.1. The lowest BCUT2D eigenvalue weighted by molar-refractivity contribution is -0.134. The van der Waals surface area contributed by atoms with Gasteiger partial charge in [-0.15, -0.1) is 10.2 Å². The first-order valence-electron chi connectivity index (χ1n) is 9.32. The molecule has 2 aliphatic carbocycles. The number of amides is 1. The van der Waals surface area contributed by atoms with Crippen molar-refractivity contribution in [3.8, 4) is 0 Å². The van der Waals surface area contributed by atoms with Gasteiger partial charge in [0.05, 0.1) is 0 Å². The molecule has 0 aromatic carbocycles. The SMILES string of the molecule is Cn1cnnc1C1CN(C(=O)C2CCCC2)CC12CCCCC2. The summed E-state index contributed by atoms with van der Waals surface area (Å²) in [5, 5.41) is 8.51. The zero-order chi connectivity index (χ0) is 15.9. The highest BCUT2D eigenvalue weighted by atomic mass is 16.2. The van der Waals surface area contributed by atoms with Gasteiger partial charge in [0.25, 0.3) is 0 Å². The molecular weight excluding hydrogens is 288 g/mol.